The number of carbonyl (C=O) groups is 1. The fourth-order valence-corrected chi connectivity index (χ4v) is 2.94. The Balaban J connectivity index is 2.29. The predicted molar refractivity (Wildman–Crippen MR) is 100 cm³/mol. The van der Waals surface area contributed by atoms with Crippen molar-refractivity contribution in [2.75, 3.05) is 25.3 Å². The summed E-state index contributed by atoms with van der Waals surface area (Å²) >= 11 is 13.9. The molecule has 0 saturated carbocycles. The Labute approximate surface area is 160 Å². The minimum atomic E-state index is -0.496. The lowest BCUT2D eigenvalue weighted by molar-refractivity contribution is 0.0526. The van der Waals surface area contributed by atoms with Crippen LogP contribution in [-0.4, -0.2) is 35.9 Å². The molecule has 1 aromatic carbocycles. The van der Waals surface area contributed by atoms with Crippen LogP contribution in [0, 0.1) is 0 Å². The van der Waals surface area contributed by atoms with Crippen molar-refractivity contribution in [1.82, 2.24) is 9.97 Å². The predicted octanol–water partition coefficient (Wildman–Crippen LogP) is 4.30. The third-order valence-electron chi connectivity index (χ3n) is 3.23. The van der Waals surface area contributed by atoms with E-state index in [-0.39, 0.29) is 18.7 Å². The molecule has 1 aromatic heterocycles. The van der Waals surface area contributed by atoms with Gasteiger partial charge in [-0.3, -0.25) is 0 Å². The molecule has 1 heterocycles. The molecule has 0 radical (unpaired) electrons. The molecule has 9 heteroatoms. The standard InChI is InChI=1S/C16H17Cl2N3O3S/c1-4-24-15(22)11-8-20-16(25-3)21-14(11)19-7-10-12(17)5-9(23-2)6-13(10)18/h5-6,8H,4,7H2,1-3H3,(H,19,20,21). The summed E-state index contributed by atoms with van der Waals surface area (Å²) in [5.74, 6) is 0.433. The highest BCUT2D eigenvalue weighted by molar-refractivity contribution is 7.98. The highest BCUT2D eigenvalue weighted by atomic mass is 35.5. The molecule has 0 saturated heterocycles. The molecular formula is C16H17Cl2N3O3S. The summed E-state index contributed by atoms with van der Waals surface area (Å²) in [5, 5.41) is 4.52. The number of anilines is 1. The van der Waals surface area contributed by atoms with Crippen molar-refractivity contribution in [3.05, 3.63) is 39.5 Å². The molecule has 25 heavy (non-hydrogen) atoms. The van der Waals surface area contributed by atoms with E-state index in [1.54, 1.807) is 19.1 Å². The summed E-state index contributed by atoms with van der Waals surface area (Å²) < 4.78 is 10.2. The number of ether oxygens (including phenoxy) is 2. The van der Waals surface area contributed by atoms with Gasteiger partial charge in [0.25, 0.3) is 0 Å². The maximum Gasteiger partial charge on any atom is 0.343 e. The van der Waals surface area contributed by atoms with Crippen LogP contribution < -0.4 is 10.1 Å². The Hall–Kier alpha value is -1.70. The minimum Gasteiger partial charge on any atom is -0.497 e. The Morgan fingerprint density at radius 1 is 1.32 bits per heavy atom. The maximum absolute atomic E-state index is 12.1. The number of benzene rings is 1. The minimum absolute atomic E-state index is 0.250. The Kier molecular flexibility index (Phi) is 7.16. The lowest BCUT2D eigenvalue weighted by Gasteiger charge is -2.13. The molecular weight excluding hydrogens is 385 g/mol. The summed E-state index contributed by atoms with van der Waals surface area (Å²) in [4.78, 5) is 20.5. The summed E-state index contributed by atoms with van der Waals surface area (Å²) in [6, 6.07) is 3.34. The molecule has 2 rings (SSSR count). The molecule has 0 unspecified atom stereocenters. The molecule has 0 aliphatic heterocycles. The van der Waals surface area contributed by atoms with Gasteiger partial charge in [-0.15, -0.1) is 0 Å². The largest absolute Gasteiger partial charge is 0.497 e. The molecule has 0 fully saturated rings. The van der Waals surface area contributed by atoms with Crippen molar-refractivity contribution in [2.24, 2.45) is 0 Å². The number of esters is 1. The van der Waals surface area contributed by atoms with E-state index in [1.807, 2.05) is 6.26 Å². The van der Waals surface area contributed by atoms with Crippen LogP contribution in [0.4, 0.5) is 5.82 Å². The van der Waals surface area contributed by atoms with Crippen molar-refractivity contribution in [3.8, 4) is 5.75 Å². The van der Waals surface area contributed by atoms with E-state index in [2.05, 4.69) is 15.3 Å². The molecule has 0 atom stereocenters. The molecule has 0 spiro atoms. The van der Waals surface area contributed by atoms with Crippen molar-refractivity contribution in [1.29, 1.82) is 0 Å². The summed E-state index contributed by atoms with van der Waals surface area (Å²) in [6.45, 7) is 2.27. The number of aromatic nitrogens is 2. The van der Waals surface area contributed by atoms with E-state index in [0.29, 0.717) is 32.3 Å². The second kappa shape index (κ2) is 9.12. The average molecular weight is 402 g/mol. The summed E-state index contributed by atoms with van der Waals surface area (Å²) in [6.07, 6.45) is 3.29. The zero-order valence-electron chi connectivity index (χ0n) is 13.9. The molecule has 0 aliphatic carbocycles. The van der Waals surface area contributed by atoms with E-state index in [1.165, 1.54) is 25.1 Å². The number of rotatable bonds is 7. The van der Waals surface area contributed by atoms with Crippen LogP contribution in [0.2, 0.25) is 10.0 Å². The van der Waals surface area contributed by atoms with Crippen molar-refractivity contribution in [2.45, 2.75) is 18.6 Å². The van der Waals surface area contributed by atoms with Gasteiger partial charge in [0.15, 0.2) is 5.16 Å². The van der Waals surface area contributed by atoms with Crippen molar-refractivity contribution >= 4 is 46.8 Å². The molecule has 0 bridgehead atoms. The zero-order chi connectivity index (χ0) is 18.4. The monoisotopic (exact) mass is 401 g/mol. The number of hydrogen-bond donors (Lipinski definition) is 1. The second-order valence-corrected chi connectivity index (χ2v) is 6.35. The van der Waals surface area contributed by atoms with Gasteiger partial charge >= 0.3 is 5.97 Å². The Morgan fingerprint density at radius 3 is 2.56 bits per heavy atom. The quantitative estimate of drug-likeness (QED) is 0.420. The van der Waals surface area contributed by atoms with E-state index in [9.17, 15) is 4.79 Å². The molecule has 0 aliphatic rings. The summed E-state index contributed by atoms with van der Waals surface area (Å²) in [7, 11) is 1.54. The van der Waals surface area contributed by atoms with Gasteiger partial charge < -0.3 is 14.8 Å². The summed E-state index contributed by atoms with van der Waals surface area (Å²) in [5.41, 5.74) is 0.920. The van der Waals surface area contributed by atoms with Gasteiger partial charge in [0.05, 0.1) is 23.8 Å². The SMILES string of the molecule is CCOC(=O)c1cnc(SC)nc1NCc1c(Cl)cc(OC)cc1Cl. The zero-order valence-corrected chi connectivity index (χ0v) is 16.3. The van der Waals surface area contributed by atoms with Crippen molar-refractivity contribution in [3.63, 3.8) is 0 Å². The lowest BCUT2D eigenvalue weighted by Crippen LogP contribution is -2.13. The molecule has 6 nitrogen and oxygen atoms in total. The first-order chi connectivity index (χ1) is 12.0. The van der Waals surface area contributed by atoms with Gasteiger partial charge in [-0.05, 0) is 25.3 Å². The average Bonchev–Trinajstić information content (AvgIpc) is 2.60. The van der Waals surface area contributed by atoms with Gasteiger partial charge in [0, 0.05) is 18.3 Å². The normalized spacial score (nSPS) is 10.4. The van der Waals surface area contributed by atoms with Gasteiger partial charge in [-0.2, -0.15) is 0 Å². The highest BCUT2D eigenvalue weighted by Gasteiger charge is 2.17. The molecule has 1 N–H and O–H groups in total. The van der Waals surface area contributed by atoms with E-state index < -0.39 is 5.97 Å². The van der Waals surface area contributed by atoms with E-state index in [4.69, 9.17) is 32.7 Å². The van der Waals surface area contributed by atoms with Gasteiger partial charge in [-0.1, -0.05) is 35.0 Å². The number of carbonyl (C=O) groups excluding carboxylic acids is 1. The smallest absolute Gasteiger partial charge is 0.343 e. The van der Waals surface area contributed by atoms with E-state index in [0.717, 1.165) is 0 Å². The first-order valence-electron chi connectivity index (χ1n) is 7.34. The number of methoxy groups -OCH3 is 1. The first-order valence-corrected chi connectivity index (χ1v) is 9.32. The van der Waals surface area contributed by atoms with Crippen LogP contribution in [0.25, 0.3) is 0 Å². The number of nitrogens with one attached hydrogen (secondary N) is 1. The van der Waals surface area contributed by atoms with E-state index >= 15 is 0 Å². The van der Waals surface area contributed by atoms with Crippen LogP contribution in [-0.2, 0) is 11.3 Å². The highest BCUT2D eigenvalue weighted by Crippen LogP contribution is 2.31. The number of hydrogen-bond acceptors (Lipinski definition) is 7. The van der Waals surface area contributed by atoms with Crippen LogP contribution in [0.3, 0.4) is 0 Å². The van der Waals surface area contributed by atoms with Crippen molar-refractivity contribution < 1.29 is 14.3 Å². The van der Waals surface area contributed by atoms with Crippen LogP contribution in [0.1, 0.15) is 22.8 Å². The number of thioether (sulfide) groups is 1. The van der Waals surface area contributed by atoms with Gasteiger partial charge in [0.2, 0.25) is 0 Å². The topological polar surface area (TPSA) is 73.3 Å². The first kappa shape index (κ1) is 19.6. The van der Waals surface area contributed by atoms with Crippen LogP contribution in [0.5, 0.6) is 5.75 Å². The molecule has 134 valence electrons. The van der Waals surface area contributed by atoms with Gasteiger partial charge in [0.1, 0.15) is 17.1 Å². The maximum atomic E-state index is 12.1. The Bertz CT molecular complexity index is 751. The number of nitrogens with zero attached hydrogens (tertiary/aromatic N) is 2. The molecule has 0 amide bonds. The second-order valence-electron chi connectivity index (χ2n) is 4.76. The van der Waals surface area contributed by atoms with Gasteiger partial charge in [-0.25, -0.2) is 14.8 Å². The van der Waals surface area contributed by atoms with Crippen LogP contribution in [0.15, 0.2) is 23.5 Å². The Morgan fingerprint density at radius 2 is 2.00 bits per heavy atom. The van der Waals surface area contributed by atoms with Crippen LogP contribution >= 0.6 is 35.0 Å². The number of halogens is 2. The third kappa shape index (κ3) is 4.90. The fourth-order valence-electron chi connectivity index (χ4n) is 2.00. The third-order valence-corrected chi connectivity index (χ3v) is 4.46. The molecule has 2 aromatic rings. The lowest BCUT2D eigenvalue weighted by atomic mass is 10.2. The fraction of sp³-hybridized carbons (Fsp3) is 0.312.